The highest BCUT2D eigenvalue weighted by Crippen LogP contribution is 2.15. The molecule has 0 aliphatic heterocycles. The summed E-state index contributed by atoms with van der Waals surface area (Å²) in [5.74, 6) is 0.837. The van der Waals surface area contributed by atoms with Crippen molar-refractivity contribution in [1.82, 2.24) is 5.43 Å². The van der Waals surface area contributed by atoms with E-state index in [4.69, 9.17) is 17.0 Å². The Morgan fingerprint density at radius 2 is 1.82 bits per heavy atom. The fourth-order valence-electron chi connectivity index (χ4n) is 1.78. The highest BCUT2D eigenvalue weighted by Gasteiger charge is 1.97. The zero-order chi connectivity index (χ0) is 15.8. The maximum atomic E-state index is 5.39. The summed E-state index contributed by atoms with van der Waals surface area (Å²) in [6.45, 7) is 4.66. The van der Waals surface area contributed by atoms with Crippen LogP contribution in [0.15, 0.2) is 53.6 Å². The molecule has 0 heterocycles. The fraction of sp³-hybridized carbons (Fsp3) is 0.176. The van der Waals surface area contributed by atoms with Gasteiger partial charge in [0.05, 0.1) is 12.8 Å². The Kier molecular flexibility index (Phi) is 5.91. The van der Waals surface area contributed by atoms with Crippen LogP contribution >= 0.6 is 12.2 Å². The topological polar surface area (TPSA) is 45.6 Å². The minimum atomic E-state index is 0.438. The van der Waals surface area contributed by atoms with Crippen molar-refractivity contribution in [3.63, 3.8) is 0 Å². The molecular formula is C17H19N3OS. The second kappa shape index (κ2) is 8.14. The van der Waals surface area contributed by atoms with Crippen molar-refractivity contribution in [2.45, 2.75) is 13.8 Å². The highest BCUT2D eigenvalue weighted by molar-refractivity contribution is 7.80. The van der Waals surface area contributed by atoms with Crippen LogP contribution in [0.3, 0.4) is 0 Å². The lowest BCUT2D eigenvalue weighted by Crippen LogP contribution is -2.23. The molecule has 114 valence electrons. The van der Waals surface area contributed by atoms with Crippen LogP contribution in [0, 0.1) is 6.92 Å². The molecule has 22 heavy (non-hydrogen) atoms. The standard InChI is InChI=1S/C17H19N3OS/c1-3-21-16-10-8-15(9-11-16)19-17(22)20-18-12-14-6-4-13(2)5-7-14/h4-12H,3H2,1-2H3,(H2,19,20,22)/b18-12-. The minimum absolute atomic E-state index is 0.438. The average molecular weight is 313 g/mol. The molecule has 0 amide bonds. The largest absolute Gasteiger partial charge is 0.494 e. The molecule has 2 rings (SSSR count). The number of hydrazone groups is 1. The van der Waals surface area contributed by atoms with Crippen molar-refractivity contribution >= 4 is 29.2 Å². The van der Waals surface area contributed by atoms with Gasteiger partial charge >= 0.3 is 0 Å². The number of benzene rings is 2. The van der Waals surface area contributed by atoms with E-state index in [0.717, 1.165) is 17.0 Å². The maximum absolute atomic E-state index is 5.39. The van der Waals surface area contributed by atoms with Crippen LogP contribution in [0.25, 0.3) is 0 Å². The molecule has 0 bridgehead atoms. The Labute approximate surface area is 136 Å². The molecule has 4 nitrogen and oxygen atoms in total. The van der Waals surface area contributed by atoms with Gasteiger partial charge in [-0.2, -0.15) is 5.10 Å². The van der Waals surface area contributed by atoms with Crippen LogP contribution in [0.1, 0.15) is 18.1 Å². The number of rotatable bonds is 5. The van der Waals surface area contributed by atoms with E-state index in [1.807, 2.05) is 55.5 Å². The summed E-state index contributed by atoms with van der Waals surface area (Å²) >= 11 is 5.19. The minimum Gasteiger partial charge on any atom is -0.494 e. The lowest BCUT2D eigenvalue weighted by Gasteiger charge is -2.08. The van der Waals surface area contributed by atoms with E-state index in [1.165, 1.54) is 5.56 Å². The Bertz CT molecular complexity index is 636. The molecule has 0 unspecified atom stereocenters. The Hall–Kier alpha value is -2.40. The van der Waals surface area contributed by atoms with Gasteiger partial charge in [-0.25, -0.2) is 0 Å². The highest BCUT2D eigenvalue weighted by atomic mass is 32.1. The molecule has 0 aliphatic carbocycles. The number of aryl methyl sites for hydroxylation is 1. The molecule has 0 aliphatic rings. The molecule has 0 atom stereocenters. The molecule has 0 radical (unpaired) electrons. The summed E-state index contributed by atoms with van der Waals surface area (Å²) in [6, 6.07) is 15.7. The van der Waals surface area contributed by atoms with E-state index in [1.54, 1.807) is 6.21 Å². The monoisotopic (exact) mass is 313 g/mol. The SMILES string of the molecule is CCOc1ccc(NC(=S)N/N=C\c2ccc(C)cc2)cc1. The number of hydrogen-bond acceptors (Lipinski definition) is 3. The van der Waals surface area contributed by atoms with Gasteiger partial charge in [0.1, 0.15) is 5.75 Å². The third-order valence-corrected chi connectivity index (χ3v) is 3.07. The smallest absolute Gasteiger partial charge is 0.191 e. The van der Waals surface area contributed by atoms with Gasteiger partial charge in [0.25, 0.3) is 0 Å². The van der Waals surface area contributed by atoms with Crippen molar-refractivity contribution in [1.29, 1.82) is 0 Å². The summed E-state index contributed by atoms with van der Waals surface area (Å²) in [6.07, 6.45) is 1.73. The van der Waals surface area contributed by atoms with Gasteiger partial charge in [0.2, 0.25) is 0 Å². The lowest BCUT2D eigenvalue weighted by molar-refractivity contribution is 0.340. The third kappa shape index (κ3) is 5.18. The van der Waals surface area contributed by atoms with E-state index < -0.39 is 0 Å². The average Bonchev–Trinajstić information content (AvgIpc) is 2.51. The van der Waals surface area contributed by atoms with E-state index in [-0.39, 0.29) is 0 Å². The molecule has 0 spiro atoms. The predicted octanol–water partition coefficient (Wildman–Crippen LogP) is 3.71. The van der Waals surface area contributed by atoms with Crippen LogP contribution in [0.4, 0.5) is 5.69 Å². The van der Waals surface area contributed by atoms with Gasteiger partial charge in [0.15, 0.2) is 5.11 Å². The zero-order valence-corrected chi connectivity index (χ0v) is 13.5. The number of anilines is 1. The van der Waals surface area contributed by atoms with Gasteiger partial charge in [-0.05, 0) is 55.9 Å². The summed E-state index contributed by atoms with van der Waals surface area (Å²) in [4.78, 5) is 0. The number of thiocarbonyl (C=S) groups is 1. The van der Waals surface area contributed by atoms with Crippen LogP contribution in [-0.2, 0) is 0 Å². The van der Waals surface area contributed by atoms with Gasteiger partial charge in [-0.3, -0.25) is 5.43 Å². The third-order valence-electron chi connectivity index (χ3n) is 2.88. The van der Waals surface area contributed by atoms with Gasteiger partial charge in [-0.15, -0.1) is 0 Å². The number of nitrogens with zero attached hydrogens (tertiary/aromatic N) is 1. The molecule has 0 aromatic heterocycles. The van der Waals surface area contributed by atoms with Gasteiger partial charge in [0, 0.05) is 5.69 Å². The Balaban J connectivity index is 1.83. The van der Waals surface area contributed by atoms with Crippen molar-refractivity contribution < 1.29 is 4.74 Å². The quantitative estimate of drug-likeness (QED) is 0.502. The molecular weight excluding hydrogens is 294 g/mol. The van der Waals surface area contributed by atoms with E-state index >= 15 is 0 Å². The number of hydrogen-bond donors (Lipinski definition) is 2. The summed E-state index contributed by atoms with van der Waals surface area (Å²) in [7, 11) is 0. The molecule has 2 N–H and O–H groups in total. The normalized spacial score (nSPS) is 10.5. The summed E-state index contributed by atoms with van der Waals surface area (Å²) in [5, 5.41) is 7.61. The van der Waals surface area contributed by atoms with E-state index in [2.05, 4.69) is 22.8 Å². The van der Waals surface area contributed by atoms with Crippen LogP contribution in [-0.4, -0.2) is 17.9 Å². The Morgan fingerprint density at radius 3 is 2.45 bits per heavy atom. The van der Waals surface area contributed by atoms with E-state index in [9.17, 15) is 0 Å². The molecule has 2 aromatic rings. The Morgan fingerprint density at radius 1 is 1.14 bits per heavy atom. The molecule has 2 aromatic carbocycles. The molecule has 0 saturated heterocycles. The molecule has 5 heteroatoms. The van der Waals surface area contributed by atoms with Crippen LogP contribution in [0.5, 0.6) is 5.75 Å². The van der Waals surface area contributed by atoms with Crippen molar-refractivity contribution in [2.75, 3.05) is 11.9 Å². The predicted molar refractivity (Wildman–Crippen MR) is 95.7 cm³/mol. The first-order valence-electron chi connectivity index (χ1n) is 7.07. The zero-order valence-electron chi connectivity index (χ0n) is 12.7. The van der Waals surface area contributed by atoms with Crippen molar-refractivity contribution in [2.24, 2.45) is 5.10 Å². The second-order valence-corrected chi connectivity index (χ2v) is 5.10. The first-order valence-corrected chi connectivity index (χ1v) is 7.48. The van der Waals surface area contributed by atoms with Crippen molar-refractivity contribution in [3.05, 3.63) is 59.7 Å². The second-order valence-electron chi connectivity index (χ2n) is 4.69. The molecule has 0 fully saturated rings. The number of nitrogens with one attached hydrogen (secondary N) is 2. The summed E-state index contributed by atoms with van der Waals surface area (Å²) in [5.41, 5.74) is 5.91. The van der Waals surface area contributed by atoms with Gasteiger partial charge in [-0.1, -0.05) is 29.8 Å². The first kappa shape index (κ1) is 16.0. The van der Waals surface area contributed by atoms with Crippen LogP contribution in [0.2, 0.25) is 0 Å². The number of ether oxygens (including phenoxy) is 1. The van der Waals surface area contributed by atoms with Crippen LogP contribution < -0.4 is 15.5 Å². The first-order chi connectivity index (χ1) is 10.7. The summed E-state index contributed by atoms with van der Waals surface area (Å²) < 4.78 is 5.39. The van der Waals surface area contributed by atoms with E-state index in [0.29, 0.717) is 11.7 Å². The van der Waals surface area contributed by atoms with Gasteiger partial charge < -0.3 is 10.1 Å². The molecule has 0 saturated carbocycles. The maximum Gasteiger partial charge on any atom is 0.191 e. The fourth-order valence-corrected chi connectivity index (χ4v) is 1.95. The lowest BCUT2D eigenvalue weighted by atomic mass is 10.2. The van der Waals surface area contributed by atoms with Crippen molar-refractivity contribution in [3.8, 4) is 5.75 Å².